The van der Waals surface area contributed by atoms with Crippen molar-refractivity contribution in [1.29, 1.82) is 0 Å². The number of hydrogen-bond acceptors (Lipinski definition) is 4. The van der Waals surface area contributed by atoms with Crippen LogP contribution in [0.2, 0.25) is 0 Å². The normalized spacial score (nSPS) is 19.2. The summed E-state index contributed by atoms with van der Waals surface area (Å²) >= 11 is 0. The Balaban J connectivity index is 3.00. The zero-order valence-electron chi connectivity index (χ0n) is 18.5. The molecule has 0 saturated carbocycles. The van der Waals surface area contributed by atoms with Crippen LogP contribution in [0.15, 0.2) is 0 Å². The zero-order chi connectivity index (χ0) is 21.9. The second-order valence-corrected chi connectivity index (χ2v) is 9.15. The van der Waals surface area contributed by atoms with Crippen molar-refractivity contribution < 1.29 is 19.5 Å². The van der Waals surface area contributed by atoms with Crippen LogP contribution >= 0.6 is 0 Å². The number of likely N-dealkylation sites (tertiary alicyclic amines) is 1. The Kier molecular flexibility index (Phi) is 7.66. The maximum Gasteiger partial charge on any atom is 0.330 e. The summed E-state index contributed by atoms with van der Waals surface area (Å²) in [6, 6.07) is 0. The van der Waals surface area contributed by atoms with Crippen molar-refractivity contribution in [2.75, 3.05) is 40.8 Å². The van der Waals surface area contributed by atoms with Gasteiger partial charge >= 0.3 is 5.97 Å². The highest BCUT2D eigenvalue weighted by Gasteiger charge is 2.56. The highest BCUT2D eigenvalue weighted by molar-refractivity contribution is 5.95. The summed E-state index contributed by atoms with van der Waals surface area (Å²) in [5.41, 5.74) is -2.00. The van der Waals surface area contributed by atoms with Crippen molar-refractivity contribution >= 4 is 17.8 Å². The molecule has 1 aliphatic heterocycles. The van der Waals surface area contributed by atoms with Gasteiger partial charge in [-0.3, -0.25) is 14.5 Å². The molecule has 2 amide bonds. The first-order valence-electron chi connectivity index (χ1n) is 9.70. The van der Waals surface area contributed by atoms with Gasteiger partial charge in [0.25, 0.3) is 5.91 Å². The van der Waals surface area contributed by atoms with Crippen LogP contribution in [0, 0.1) is 29.1 Å². The standard InChI is InChI=1S/C21H35N3O4/c1-15(2)21(19(27)28,20(3,4)5)23(8)18(26)16-11-13-24(14-16)17(25)10-9-12-22(6)7/h15-16H,11-14H2,1-8H3,(H,27,28)/t16-,21-/m0/s1. The summed E-state index contributed by atoms with van der Waals surface area (Å²) in [5, 5.41) is 10.1. The van der Waals surface area contributed by atoms with Gasteiger partial charge in [0.2, 0.25) is 5.91 Å². The van der Waals surface area contributed by atoms with E-state index in [1.165, 1.54) is 4.90 Å². The average molecular weight is 394 g/mol. The molecule has 1 fully saturated rings. The van der Waals surface area contributed by atoms with Gasteiger partial charge < -0.3 is 14.9 Å². The van der Waals surface area contributed by atoms with Crippen molar-refractivity contribution in [2.24, 2.45) is 17.3 Å². The molecule has 0 unspecified atom stereocenters. The lowest BCUT2D eigenvalue weighted by atomic mass is 9.65. The summed E-state index contributed by atoms with van der Waals surface area (Å²) in [5.74, 6) is 3.20. The highest BCUT2D eigenvalue weighted by atomic mass is 16.4. The molecule has 7 heteroatoms. The van der Waals surface area contributed by atoms with Gasteiger partial charge in [-0.15, -0.1) is 0 Å². The fourth-order valence-corrected chi connectivity index (χ4v) is 4.41. The van der Waals surface area contributed by atoms with E-state index in [9.17, 15) is 19.5 Å². The lowest BCUT2D eigenvalue weighted by molar-refractivity contribution is -0.173. The Morgan fingerprint density at radius 3 is 2.18 bits per heavy atom. The van der Waals surface area contributed by atoms with Gasteiger partial charge in [-0.05, 0) is 37.8 Å². The number of likely N-dealkylation sites (N-methyl/N-ethyl adjacent to an activating group) is 1. The first-order valence-corrected chi connectivity index (χ1v) is 9.70. The van der Waals surface area contributed by atoms with Crippen LogP contribution in [0.5, 0.6) is 0 Å². The molecule has 28 heavy (non-hydrogen) atoms. The lowest BCUT2D eigenvalue weighted by Gasteiger charge is -2.50. The van der Waals surface area contributed by atoms with Gasteiger partial charge in [-0.25, -0.2) is 4.79 Å². The Labute approximate surface area is 169 Å². The third kappa shape index (κ3) is 4.67. The van der Waals surface area contributed by atoms with E-state index in [1.807, 2.05) is 53.6 Å². The van der Waals surface area contributed by atoms with Gasteiger partial charge in [-0.2, -0.15) is 0 Å². The number of carbonyl (C=O) groups is 3. The quantitative estimate of drug-likeness (QED) is 0.714. The van der Waals surface area contributed by atoms with E-state index in [0.717, 1.165) is 0 Å². The van der Waals surface area contributed by atoms with Crippen molar-refractivity contribution in [2.45, 2.75) is 46.6 Å². The van der Waals surface area contributed by atoms with Crippen molar-refractivity contribution in [3.63, 3.8) is 0 Å². The third-order valence-electron chi connectivity index (χ3n) is 5.58. The molecular formula is C21H35N3O4. The van der Waals surface area contributed by atoms with Gasteiger partial charge in [0.15, 0.2) is 0 Å². The van der Waals surface area contributed by atoms with Crippen molar-refractivity contribution in [3.8, 4) is 11.8 Å². The number of carboxylic acid groups (broad SMARTS) is 1. The largest absolute Gasteiger partial charge is 0.479 e. The molecule has 0 aromatic carbocycles. The van der Waals surface area contributed by atoms with Gasteiger partial charge in [-0.1, -0.05) is 40.5 Å². The molecule has 0 spiro atoms. The Bertz CT molecular complexity index is 669. The van der Waals surface area contributed by atoms with E-state index in [1.54, 1.807) is 11.9 Å². The van der Waals surface area contributed by atoms with E-state index in [4.69, 9.17) is 0 Å². The first-order chi connectivity index (χ1) is 12.8. The smallest absolute Gasteiger partial charge is 0.330 e. The Morgan fingerprint density at radius 2 is 1.75 bits per heavy atom. The maximum atomic E-state index is 13.2. The van der Waals surface area contributed by atoms with Gasteiger partial charge in [0.1, 0.15) is 5.54 Å². The summed E-state index contributed by atoms with van der Waals surface area (Å²) in [7, 11) is 5.32. The summed E-state index contributed by atoms with van der Waals surface area (Å²) < 4.78 is 0. The molecule has 1 N–H and O–H groups in total. The minimum Gasteiger partial charge on any atom is -0.479 e. The number of nitrogens with zero attached hydrogens (tertiary/aromatic N) is 3. The maximum absolute atomic E-state index is 13.2. The number of rotatable bonds is 5. The predicted octanol–water partition coefficient (Wildman–Crippen LogP) is 1.38. The third-order valence-corrected chi connectivity index (χ3v) is 5.58. The first kappa shape index (κ1) is 24.0. The van der Waals surface area contributed by atoms with Crippen LogP contribution in [0.4, 0.5) is 0 Å². The molecule has 0 aliphatic carbocycles. The van der Waals surface area contributed by atoms with Crippen LogP contribution in [-0.4, -0.2) is 83.9 Å². The monoisotopic (exact) mass is 393 g/mol. The fraction of sp³-hybridized carbons (Fsp3) is 0.762. The molecule has 0 aromatic heterocycles. The Morgan fingerprint density at radius 1 is 1.18 bits per heavy atom. The van der Waals surface area contributed by atoms with Crippen LogP contribution in [0.25, 0.3) is 0 Å². The zero-order valence-corrected chi connectivity index (χ0v) is 18.5. The van der Waals surface area contributed by atoms with Gasteiger partial charge in [0, 0.05) is 20.1 Å². The van der Waals surface area contributed by atoms with Crippen LogP contribution in [0.1, 0.15) is 41.0 Å². The summed E-state index contributed by atoms with van der Waals surface area (Å²) in [6.07, 6.45) is 0.516. The molecular weight excluding hydrogens is 358 g/mol. The van der Waals surface area contributed by atoms with Crippen LogP contribution in [-0.2, 0) is 14.4 Å². The van der Waals surface area contributed by atoms with Gasteiger partial charge in [0.05, 0.1) is 12.5 Å². The molecule has 1 saturated heterocycles. The molecule has 2 atom stereocenters. The molecule has 1 heterocycles. The second-order valence-electron chi connectivity index (χ2n) is 9.15. The number of aliphatic carboxylic acids is 1. The number of carbonyl (C=O) groups excluding carboxylic acids is 2. The van der Waals surface area contributed by atoms with Crippen LogP contribution < -0.4 is 0 Å². The minimum atomic E-state index is -1.34. The summed E-state index contributed by atoms with van der Waals surface area (Å²) in [6.45, 7) is 10.4. The number of carboxylic acids is 1. The SMILES string of the molecule is CC(C)[C@@](C(=O)O)(N(C)C(=O)[C@H]1CCN(C(=O)C#CCN(C)C)C1)C(C)(C)C. The fourth-order valence-electron chi connectivity index (χ4n) is 4.41. The average Bonchev–Trinajstić information content (AvgIpc) is 3.01. The van der Waals surface area contributed by atoms with E-state index < -0.39 is 22.8 Å². The second kappa shape index (κ2) is 8.95. The topological polar surface area (TPSA) is 81.2 Å². The minimum absolute atomic E-state index is 0.234. The predicted molar refractivity (Wildman–Crippen MR) is 108 cm³/mol. The Hall–Kier alpha value is -2.07. The van der Waals surface area contributed by atoms with E-state index in [-0.39, 0.29) is 24.3 Å². The molecule has 0 bridgehead atoms. The van der Waals surface area contributed by atoms with Crippen LogP contribution in [0.3, 0.4) is 0 Å². The van der Waals surface area contributed by atoms with E-state index >= 15 is 0 Å². The highest BCUT2D eigenvalue weighted by Crippen LogP contribution is 2.42. The van der Waals surface area contributed by atoms with E-state index in [0.29, 0.717) is 19.5 Å². The number of amides is 2. The van der Waals surface area contributed by atoms with E-state index in [2.05, 4.69) is 11.8 Å². The molecule has 1 rings (SSSR count). The molecule has 7 nitrogen and oxygen atoms in total. The number of hydrogen-bond donors (Lipinski definition) is 1. The van der Waals surface area contributed by atoms with Crippen molar-refractivity contribution in [1.82, 2.24) is 14.7 Å². The lowest BCUT2D eigenvalue weighted by Crippen LogP contribution is -2.66. The summed E-state index contributed by atoms with van der Waals surface area (Å²) in [4.78, 5) is 42.6. The molecule has 0 aromatic rings. The molecule has 0 radical (unpaired) electrons. The molecule has 158 valence electrons. The molecule has 1 aliphatic rings. The van der Waals surface area contributed by atoms with Crippen molar-refractivity contribution in [3.05, 3.63) is 0 Å².